The molecule has 66 heavy (non-hydrogen) atoms. The minimum absolute atomic E-state index is 0.0269. The summed E-state index contributed by atoms with van der Waals surface area (Å²) < 4.78 is 23.5. The Morgan fingerprint density at radius 3 is 2.45 bits per heavy atom. The van der Waals surface area contributed by atoms with E-state index in [9.17, 15) is 38.7 Å². The zero-order chi connectivity index (χ0) is 48.9. The van der Waals surface area contributed by atoms with Crippen LogP contribution < -0.4 is 10.2 Å². The van der Waals surface area contributed by atoms with Crippen LogP contribution in [0.25, 0.3) is 0 Å². The average molecular weight is 980 g/mol. The number of alkyl carbamates (subject to hydrolysis) is 1. The van der Waals surface area contributed by atoms with E-state index in [0.717, 1.165) is 16.7 Å². The van der Waals surface area contributed by atoms with Crippen LogP contribution in [-0.4, -0.2) is 130 Å². The van der Waals surface area contributed by atoms with Crippen LogP contribution in [0.15, 0.2) is 35.9 Å². The molecule has 364 valence electrons. The van der Waals surface area contributed by atoms with E-state index >= 15 is 0 Å². The van der Waals surface area contributed by atoms with Crippen molar-refractivity contribution < 1.29 is 62.5 Å². The number of amides is 5. The number of anilines is 1. The SMILES string of the molecule is COC1/C=C/C=C(\C)Cc2cc(C)c(Cl)c(c2)N(C)C(=O)CC(OC(=O)[C@H](C)N(C)C(=O)CCC(C)(C)SSCCCC(=O)ON2C(=O)CCC2=O)[C@@]2(C)O[C@@H]2C(C)C2CC1(O)NC(=O)O2. The molecule has 4 aliphatic heterocycles. The fourth-order valence-corrected chi connectivity index (χ4v) is 11.1. The number of methoxy groups -OCH3 is 1. The number of imide groups is 1. The van der Waals surface area contributed by atoms with Crippen molar-refractivity contribution in [3.63, 3.8) is 0 Å². The summed E-state index contributed by atoms with van der Waals surface area (Å²) in [4.78, 5) is 98.1. The van der Waals surface area contributed by atoms with Crippen LogP contribution in [0.5, 0.6) is 0 Å². The highest BCUT2D eigenvalue weighted by Crippen LogP contribution is 2.49. The van der Waals surface area contributed by atoms with Crippen LogP contribution in [0, 0.1) is 12.8 Å². The van der Waals surface area contributed by atoms with E-state index in [-0.39, 0.29) is 49.2 Å². The lowest BCUT2D eigenvalue weighted by molar-refractivity contribution is -0.197. The maximum Gasteiger partial charge on any atom is 0.409 e. The third-order valence-corrected chi connectivity index (χ3v) is 16.5. The van der Waals surface area contributed by atoms with E-state index in [1.165, 1.54) is 34.8 Å². The van der Waals surface area contributed by atoms with Crippen LogP contribution >= 0.6 is 33.2 Å². The fourth-order valence-electron chi connectivity index (χ4n) is 8.16. The van der Waals surface area contributed by atoms with Gasteiger partial charge in [-0.15, -0.1) is 5.06 Å². The molecule has 3 fully saturated rings. The molecule has 8 atom stereocenters. The largest absolute Gasteiger partial charge is 0.457 e. The molecule has 0 radical (unpaired) electrons. The van der Waals surface area contributed by atoms with Gasteiger partial charge in [-0.25, -0.2) is 14.4 Å². The molecule has 0 saturated carbocycles. The summed E-state index contributed by atoms with van der Waals surface area (Å²) in [5.41, 5.74) is -0.0302. The van der Waals surface area contributed by atoms with Crippen LogP contribution in [0.2, 0.25) is 5.02 Å². The molecule has 0 aromatic heterocycles. The van der Waals surface area contributed by atoms with Crippen molar-refractivity contribution >= 4 is 80.5 Å². The number of carbonyl (C=O) groups excluding carboxylic acids is 7. The number of carbonyl (C=O) groups is 7. The van der Waals surface area contributed by atoms with Gasteiger partial charge in [-0.3, -0.25) is 24.5 Å². The smallest absolute Gasteiger partial charge is 0.409 e. The number of halogens is 1. The maximum atomic E-state index is 14.3. The predicted molar refractivity (Wildman–Crippen MR) is 249 cm³/mol. The number of aliphatic hydroxyl groups is 1. The Labute approximate surface area is 399 Å². The quantitative estimate of drug-likeness (QED) is 0.0705. The van der Waals surface area contributed by atoms with Gasteiger partial charge in [0.25, 0.3) is 11.8 Å². The van der Waals surface area contributed by atoms with Crippen molar-refractivity contribution in [3.05, 3.63) is 52.1 Å². The lowest BCUT2D eigenvalue weighted by Gasteiger charge is -2.42. The standard InChI is InChI=1S/C46H63ClN4O13S2/c1-26-13-11-14-33(60-10)46(59)25-32(61-43(58)48-46)28(3)41-45(7,63-41)34(24-38(55)50(9)31-23-30(21-26)22-27(2)40(31)47)62-42(57)29(4)49(8)35(52)18-19-44(5,6)66-65-20-12-15-39(56)64-51-36(53)16-17-37(51)54/h11,13-14,22-23,28-29,32-34,41,59H,12,15-21,24-25H2,1-10H3,(H,48,58)/b14-11+,26-13+/t28?,29-,32?,33?,34?,41+,45+,46?/m0/s1. The van der Waals surface area contributed by atoms with E-state index in [4.69, 9.17) is 35.4 Å². The van der Waals surface area contributed by atoms with E-state index < -0.39 is 83.5 Å². The topological polar surface area (TPSA) is 211 Å². The summed E-state index contributed by atoms with van der Waals surface area (Å²) in [6, 6.07) is 2.73. The number of hydroxylamine groups is 2. The third kappa shape index (κ3) is 12.9. The van der Waals surface area contributed by atoms with E-state index in [0.29, 0.717) is 40.8 Å². The van der Waals surface area contributed by atoms with E-state index in [2.05, 4.69) is 5.32 Å². The number of epoxide rings is 1. The van der Waals surface area contributed by atoms with E-state index in [1.807, 2.05) is 45.9 Å². The lowest BCUT2D eigenvalue weighted by atomic mass is 9.83. The number of benzene rings is 1. The summed E-state index contributed by atoms with van der Waals surface area (Å²) in [5.74, 6) is -3.17. The van der Waals surface area contributed by atoms with Gasteiger partial charge in [0.15, 0.2) is 5.72 Å². The number of nitrogens with zero attached hydrogens (tertiary/aromatic N) is 3. The Hall–Kier alpha value is -4.14. The highest BCUT2D eigenvalue weighted by Gasteiger charge is 2.64. The van der Waals surface area contributed by atoms with Crippen molar-refractivity contribution in [2.75, 3.05) is 31.9 Å². The number of rotatable bonds is 14. The first kappa shape index (κ1) is 52.8. The van der Waals surface area contributed by atoms with Gasteiger partial charge in [0, 0.05) is 69.7 Å². The monoisotopic (exact) mass is 978 g/mol. The second kappa shape index (κ2) is 21.9. The van der Waals surface area contributed by atoms with Crippen molar-refractivity contribution in [2.24, 2.45) is 5.92 Å². The van der Waals surface area contributed by atoms with Crippen LogP contribution in [0.3, 0.4) is 0 Å². The van der Waals surface area contributed by atoms with Crippen molar-refractivity contribution in [3.8, 4) is 0 Å². The molecule has 17 nitrogen and oxygen atoms in total. The fraction of sp³-hybridized carbons (Fsp3) is 0.630. The molecular weight excluding hydrogens is 916 g/mol. The first-order chi connectivity index (χ1) is 30.9. The number of allylic oxidation sites excluding steroid dienone is 3. The summed E-state index contributed by atoms with van der Waals surface area (Å²) in [7, 11) is 7.61. The molecule has 5 unspecified atom stereocenters. The van der Waals surface area contributed by atoms with Crippen molar-refractivity contribution in [1.82, 2.24) is 15.3 Å². The number of nitrogens with one attached hydrogen (secondary N) is 1. The van der Waals surface area contributed by atoms with Crippen molar-refractivity contribution in [2.45, 2.75) is 153 Å². The molecule has 4 bridgehead atoms. The number of hydrogen-bond donors (Lipinski definition) is 2. The molecule has 5 amide bonds. The van der Waals surface area contributed by atoms with Gasteiger partial charge >= 0.3 is 18.0 Å². The van der Waals surface area contributed by atoms with Gasteiger partial charge in [0.1, 0.15) is 30.0 Å². The van der Waals surface area contributed by atoms with Gasteiger partial charge in [0.2, 0.25) is 11.8 Å². The molecule has 5 rings (SSSR count). The molecule has 20 heteroatoms. The molecule has 4 heterocycles. The Morgan fingerprint density at radius 1 is 1.11 bits per heavy atom. The normalized spacial score (nSPS) is 28.9. The lowest BCUT2D eigenvalue weighted by Crippen LogP contribution is -2.63. The third-order valence-electron chi connectivity index (χ3n) is 12.6. The molecule has 1 aromatic carbocycles. The molecule has 0 aliphatic carbocycles. The van der Waals surface area contributed by atoms with Crippen LogP contribution in [-0.2, 0) is 59.0 Å². The van der Waals surface area contributed by atoms with Crippen LogP contribution in [0.1, 0.15) is 104 Å². The van der Waals surface area contributed by atoms with Crippen molar-refractivity contribution in [1.29, 1.82) is 0 Å². The average Bonchev–Trinajstić information content (AvgIpc) is 3.86. The summed E-state index contributed by atoms with van der Waals surface area (Å²) >= 11 is 6.82. The highest BCUT2D eigenvalue weighted by molar-refractivity contribution is 8.77. The minimum atomic E-state index is -1.85. The summed E-state index contributed by atoms with van der Waals surface area (Å²) in [5, 5.41) is 15.3. The maximum absolute atomic E-state index is 14.3. The summed E-state index contributed by atoms with van der Waals surface area (Å²) in [6.07, 6.45) is 1.98. The Bertz CT molecular complexity index is 2100. The molecule has 4 aliphatic rings. The molecule has 3 saturated heterocycles. The van der Waals surface area contributed by atoms with E-state index in [1.54, 1.807) is 50.8 Å². The molecule has 2 N–H and O–H groups in total. The zero-order valence-electron chi connectivity index (χ0n) is 39.3. The molecular formula is C46H63ClN4O13S2. The molecule has 1 aromatic rings. The first-order valence-electron chi connectivity index (χ1n) is 22.0. The number of fused-ring (bicyclic) bond motifs is 5. The Morgan fingerprint density at radius 2 is 1.79 bits per heavy atom. The van der Waals surface area contributed by atoms with Gasteiger partial charge in [0.05, 0.1) is 23.2 Å². The van der Waals surface area contributed by atoms with Gasteiger partial charge in [-0.1, -0.05) is 70.0 Å². The van der Waals surface area contributed by atoms with Gasteiger partial charge in [-0.05, 0) is 78.0 Å². The Kier molecular flexibility index (Phi) is 17.5. The minimum Gasteiger partial charge on any atom is -0.457 e. The molecule has 0 spiro atoms. The summed E-state index contributed by atoms with van der Waals surface area (Å²) in [6.45, 7) is 12.8. The number of ether oxygens (including phenoxy) is 4. The van der Waals surface area contributed by atoms with Gasteiger partial charge < -0.3 is 38.7 Å². The number of hydrogen-bond acceptors (Lipinski definition) is 15. The first-order valence-corrected chi connectivity index (χ1v) is 24.7. The number of likely N-dealkylation sites (N-methyl/N-ethyl adjacent to an activating group) is 1. The zero-order valence-corrected chi connectivity index (χ0v) is 41.7. The van der Waals surface area contributed by atoms with Gasteiger partial charge in [-0.2, -0.15) is 0 Å². The highest BCUT2D eigenvalue weighted by atomic mass is 35.5. The number of esters is 1. The Balaban J connectivity index is 1.27. The second-order valence-corrected chi connectivity index (χ2v) is 21.8. The predicted octanol–water partition coefficient (Wildman–Crippen LogP) is 6.14. The van der Waals surface area contributed by atoms with Crippen LogP contribution in [0.4, 0.5) is 10.5 Å². The number of aryl methyl sites for hydroxylation is 1. The second-order valence-electron chi connectivity index (χ2n) is 18.3.